The number of amides is 1. The monoisotopic (exact) mass is 830 g/mol. The Bertz CT molecular complexity index is 1170. The maximum Gasteiger partial charge on any atom is 0.220 e. The van der Waals surface area contributed by atoms with Gasteiger partial charge in [0.15, 0.2) is 0 Å². The van der Waals surface area contributed by atoms with Gasteiger partial charge in [0.05, 0.1) is 18.8 Å². The number of hydrogen-bond donors (Lipinski definition) is 3. The molecule has 0 aliphatic rings. The Morgan fingerprint density at radius 3 is 1.10 bits per heavy atom. The average Bonchev–Trinajstić information content (AvgIpc) is 3.25. The van der Waals surface area contributed by atoms with Crippen LogP contribution in [-0.4, -0.2) is 34.9 Å². The Morgan fingerprint density at radius 1 is 0.417 bits per heavy atom. The third kappa shape index (κ3) is 46.1. The Hall–Kier alpha value is -2.95. The van der Waals surface area contributed by atoms with E-state index in [1.54, 1.807) is 0 Å². The molecule has 1 amide bonds. The van der Waals surface area contributed by atoms with Crippen molar-refractivity contribution in [2.45, 2.75) is 231 Å². The van der Waals surface area contributed by atoms with Crippen molar-refractivity contribution >= 4 is 5.91 Å². The molecule has 0 radical (unpaired) electrons. The van der Waals surface area contributed by atoms with Gasteiger partial charge in [0, 0.05) is 6.42 Å². The molecule has 0 saturated carbocycles. The van der Waals surface area contributed by atoms with E-state index in [0.717, 1.165) is 83.5 Å². The highest BCUT2D eigenvalue weighted by Crippen LogP contribution is 2.15. The van der Waals surface area contributed by atoms with Crippen LogP contribution in [0.1, 0.15) is 219 Å². The second-order valence-electron chi connectivity index (χ2n) is 16.5. The van der Waals surface area contributed by atoms with Crippen LogP contribution in [0.25, 0.3) is 0 Å². The molecule has 0 aromatic carbocycles. The molecule has 4 heteroatoms. The summed E-state index contributed by atoms with van der Waals surface area (Å²) in [4.78, 5) is 12.3. The number of aliphatic hydroxyl groups is 2. The SMILES string of the molecule is CC/C=C\C/C=C\C/C=C\C/C=C\C/C=C\C/C=C\C/C=C\C/C=C\C/C=C\CCCCCCCCCCCCCCCC(=O)NC(CO)C(O)CCCCCCCCC. The third-order valence-electron chi connectivity index (χ3n) is 10.8. The van der Waals surface area contributed by atoms with Gasteiger partial charge in [0.2, 0.25) is 5.91 Å². The highest BCUT2D eigenvalue weighted by atomic mass is 16.3. The molecule has 4 nitrogen and oxygen atoms in total. The van der Waals surface area contributed by atoms with Crippen LogP contribution in [0.4, 0.5) is 0 Å². The second kappa shape index (κ2) is 50.4. The molecule has 0 aliphatic heterocycles. The summed E-state index contributed by atoms with van der Waals surface area (Å²) in [5, 5.41) is 23.0. The van der Waals surface area contributed by atoms with Gasteiger partial charge in [-0.15, -0.1) is 0 Å². The molecular formula is C56H95NO3. The van der Waals surface area contributed by atoms with E-state index in [0.29, 0.717) is 12.8 Å². The van der Waals surface area contributed by atoms with E-state index < -0.39 is 12.1 Å². The van der Waals surface area contributed by atoms with E-state index >= 15 is 0 Å². The smallest absolute Gasteiger partial charge is 0.220 e. The largest absolute Gasteiger partial charge is 0.394 e. The third-order valence-corrected chi connectivity index (χ3v) is 10.8. The zero-order valence-corrected chi connectivity index (χ0v) is 39.2. The van der Waals surface area contributed by atoms with E-state index in [-0.39, 0.29) is 12.5 Å². The average molecular weight is 830 g/mol. The van der Waals surface area contributed by atoms with E-state index in [4.69, 9.17) is 0 Å². The summed E-state index contributed by atoms with van der Waals surface area (Å²) < 4.78 is 0. The van der Waals surface area contributed by atoms with Crippen molar-refractivity contribution in [1.82, 2.24) is 5.32 Å². The number of nitrogens with one attached hydrogen (secondary N) is 1. The first kappa shape index (κ1) is 57.1. The summed E-state index contributed by atoms with van der Waals surface area (Å²) in [6.07, 6.45) is 76.4. The molecule has 2 unspecified atom stereocenters. The normalized spacial score (nSPS) is 13.9. The summed E-state index contributed by atoms with van der Waals surface area (Å²) in [5.41, 5.74) is 0. The summed E-state index contributed by atoms with van der Waals surface area (Å²) in [6, 6.07) is -0.539. The molecule has 0 spiro atoms. The van der Waals surface area contributed by atoms with E-state index in [1.807, 2.05) is 0 Å². The molecule has 0 heterocycles. The summed E-state index contributed by atoms with van der Waals surface area (Å²) >= 11 is 0. The molecule has 0 saturated heterocycles. The lowest BCUT2D eigenvalue weighted by Gasteiger charge is -2.22. The first-order valence-electron chi connectivity index (χ1n) is 25.1. The first-order chi connectivity index (χ1) is 29.7. The fraction of sp³-hybridized carbons (Fsp3) is 0.661. The maximum absolute atomic E-state index is 12.3. The zero-order valence-electron chi connectivity index (χ0n) is 39.2. The van der Waals surface area contributed by atoms with Crippen LogP contribution in [0.2, 0.25) is 0 Å². The molecule has 0 aliphatic carbocycles. The summed E-state index contributed by atoms with van der Waals surface area (Å²) in [5.74, 6) is -0.0413. The minimum atomic E-state index is -0.661. The predicted octanol–water partition coefficient (Wildman–Crippen LogP) is 16.4. The van der Waals surface area contributed by atoms with Crippen molar-refractivity contribution in [2.24, 2.45) is 0 Å². The number of hydrogen-bond acceptors (Lipinski definition) is 3. The Balaban J connectivity index is 3.52. The van der Waals surface area contributed by atoms with Crippen LogP contribution in [0, 0.1) is 0 Å². The lowest BCUT2D eigenvalue weighted by molar-refractivity contribution is -0.123. The Kier molecular flexibility index (Phi) is 47.9. The minimum Gasteiger partial charge on any atom is -0.394 e. The molecule has 0 aromatic rings. The molecule has 0 bridgehead atoms. The van der Waals surface area contributed by atoms with Gasteiger partial charge in [-0.3, -0.25) is 4.79 Å². The van der Waals surface area contributed by atoms with Crippen LogP contribution in [0.15, 0.2) is 109 Å². The van der Waals surface area contributed by atoms with Gasteiger partial charge in [0.25, 0.3) is 0 Å². The molecular weight excluding hydrogens is 735 g/mol. The van der Waals surface area contributed by atoms with Crippen molar-refractivity contribution in [3.05, 3.63) is 109 Å². The lowest BCUT2D eigenvalue weighted by atomic mass is 10.0. The molecule has 60 heavy (non-hydrogen) atoms. The molecule has 0 rings (SSSR count). The van der Waals surface area contributed by atoms with Crippen LogP contribution in [-0.2, 0) is 4.79 Å². The highest BCUT2D eigenvalue weighted by molar-refractivity contribution is 5.76. The number of allylic oxidation sites excluding steroid dienone is 18. The van der Waals surface area contributed by atoms with Crippen molar-refractivity contribution in [3.8, 4) is 0 Å². The van der Waals surface area contributed by atoms with Crippen molar-refractivity contribution in [2.75, 3.05) is 6.61 Å². The Morgan fingerprint density at radius 2 is 0.733 bits per heavy atom. The van der Waals surface area contributed by atoms with Crippen LogP contribution < -0.4 is 5.32 Å². The molecule has 0 fully saturated rings. The van der Waals surface area contributed by atoms with Gasteiger partial charge in [-0.1, -0.05) is 239 Å². The van der Waals surface area contributed by atoms with Crippen molar-refractivity contribution < 1.29 is 15.0 Å². The van der Waals surface area contributed by atoms with E-state index in [2.05, 4.69) is 129 Å². The predicted molar refractivity (Wildman–Crippen MR) is 266 cm³/mol. The summed E-state index contributed by atoms with van der Waals surface area (Å²) in [7, 11) is 0. The van der Waals surface area contributed by atoms with Gasteiger partial charge >= 0.3 is 0 Å². The van der Waals surface area contributed by atoms with Gasteiger partial charge < -0.3 is 15.5 Å². The van der Waals surface area contributed by atoms with E-state index in [9.17, 15) is 15.0 Å². The second-order valence-corrected chi connectivity index (χ2v) is 16.5. The molecule has 0 aromatic heterocycles. The van der Waals surface area contributed by atoms with Gasteiger partial charge in [-0.05, 0) is 83.5 Å². The Labute approximate surface area is 372 Å². The lowest BCUT2D eigenvalue weighted by Crippen LogP contribution is -2.45. The van der Waals surface area contributed by atoms with Gasteiger partial charge in [-0.2, -0.15) is 0 Å². The van der Waals surface area contributed by atoms with Crippen LogP contribution in [0.5, 0.6) is 0 Å². The summed E-state index contributed by atoms with van der Waals surface area (Å²) in [6.45, 7) is 4.19. The van der Waals surface area contributed by atoms with Gasteiger partial charge in [-0.25, -0.2) is 0 Å². The van der Waals surface area contributed by atoms with Crippen molar-refractivity contribution in [1.29, 1.82) is 0 Å². The minimum absolute atomic E-state index is 0.0413. The van der Waals surface area contributed by atoms with Crippen molar-refractivity contribution in [3.63, 3.8) is 0 Å². The maximum atomic E-state index is 12.3. The van der Waals surface area contributed by atoms with Crippen LogP contribution in [0.3, 0.4) is 0 Å². The quantitative estimate of drug-likeness (QED) is 0.0423. The molecule has 2 atom stereocenters. The molecule has 3 N–H and O–H groups in total. The number of rotatable bonds is 44. The zero-order chi connectivity index (χ0) is 43.5. The number of carbonyl (C=O) groups excluding carboxylic acids is 1. The fourth-order valence-electron chi connectivity index (χ4n) is 7.00. The topological polar surface area (TPSA) is 69.6 Å². The van der Waals surface area contributed by atoms with Gasteiger partial charge in [0.1, 0.15) is 0 Å². The fourth-order valence-corrected chi connectivity index (χ4v) is 7.00. The first-order valence-corrected chi connectivity index (χ1v) is 25.1. The molecule has 342 valence electrons. The standard InChI is InChI=1S/C56H95NO3/c1-3-5-7-9-11-12-13-14-15-16-17-18-19-20-21-22-23-24-25-26-27-28-29-30-31-32-33-34-35-36-37-38-39-40-41-42-43-44-46-48-50-52-56(60)57-54(53-58)55(59)51-49-47-45-10-8-6-4-2/h5,7,11-12,14-15,17-18,20-21,23-24,26-27,29-30,32-33,54-55,58-59H,3-4,6,8-10,13,16,19,22,25,28,31,34-53H2,1-2H3,(H,57,60)/b7-5-,12-11-,15-14-,18-17-,21-20-,24-23-,27-26-,30-29-,33-32-. The number of unbranched alkanes of at least 4 members (excludes halogenated alkanes) is 19. The number of carbonyl (C=O) groups is 1. The van der Waals surface area contributed by atoms with Crippen LogP contribution >= 0.6 is 0 Å². The van der Waals surface area contributed by atoms with E-state index in [1.165, 1.54) is 109 Å². The number of aliphatic hydroxyl groups excluding tert-OH is 2. The highest BCUT2D eigenvalue weighted by Gasteiger charge is 2.20.